The Morgan fingerprint density at radius 2 is 1.86 bits per heavy atom. The van der Waals surface area contributed by atoms with Gasteiger partial charge in [-0.2, -0.15) is 5.10 Å². The van der Waals surface area contributed by atoms with Crippen LogP contribution in [0.5, 0.6) is 0 Å². The van der Waals surface area contributed by atoms with Crippen molar-refractivity contribution in [1.29, 1.82) is 0 Å². The summed E-state index contributed by atoms with van der Waals surface area (Å²) in [7, 11) is 0. The summed E-state index contributed by atoms with van der Waals surface area (Å²) in [4.78, 5) is 0. The molecule has 0 unspecified atom stereocenters. The van der Waals surface area contributed by atoms with E-state index in [0.717, 1.165) is 0 Å². The van der Waals surface area contributed by atoms with E-state index in [-0.39, 0.29) is 0 Å². The molecular formula is C11H11N3. The molecule has 3 heterocycles. The van der Waals surface area contributed by atoms with Gasteiger partial charge in [-0.05, 0) is 30.3 Å². The number of nitrogens with one attached hydrogen (secondary N) is 1. The predicted octanol–water partition coefficient (Wildman–Crippen LogP) is 2.35. The number of aromatic amines is 1. The molecule has 3 heteroatoms. The molecule has 0 amide bonds. The Morgan fingerprint density at radius 1 is 1.00 bits per heavy atom. The standard InChI is InChI=1S/C8H7N.C3H4N2/c1-2-6-9-7-3-5-8(9)4-1;1-2-4-5-3-1/h1-7H;1-3H,(H,4,5). The van der Waals surface area contributed by atoms with Gasteiger partial charge in [-0.25, -0.2) is 0 Å². The van der Waals surface area contributed by atoms with Crippen LogP contribution in [-0.2, 0) is 0 Å². The van der Waals surface area contributed by atoms with Crippen LogP contribution in [0, 0.1) is 0 Å². The summed E-state index contributed by atoms with van der Waals surface area (Å²) in [5.41, 5.74) is 1.25. The van der Waals surface area contributed by atoms with Gasteiger partial charge >= 0.3 is 0 Å². The number of hydrogen-bond acceptors (Lipinski definition) is 1. The van der Waals surface area contributed by atoms with Crippen LogP contribution in [0.4, 0.5) is 0 Å². The number of pyridine rings is 1. The minimum Gasteiger partial charge on any atom is -0.324 e. The van der Waals surface area contributed by atoms with Crippen LogP contribution < -0.4 is 0 Å². The minimum atomic E-state index is 1.25. The topological polar surface area (TPSA) is 33.1 Å². The van der Waals surface area contributed by atoms with Gasteiger partial charge < -0.3 is 4.40 Å². The summed E-state index contributed by atoms with van der Waals surface area (Å²) in [6.07, 6.45) is 7.53. The number of fused-ring (bicyclic) bond motifs is 1. The van der Waals surface area contributed by atoms with Gasteiger partial charge in [0.2, 0.25) is 0 Å². The van der Waals surface area contributed by atoms with Crippen LogP contribution in [0.3, 0.4) is 0 Å². The van der Waals surface area contributed by atoms with Gasteiger partial charge in [-0.3, -0.25) is 5.10 Å². The molecule has 14 heavy (non-hydrogen) atoms. The molecule has 0 aliphatic rings. The van der Waals surface area contributed by atoms with Crippen molar-refractivity contribution in [3.8, 4) is 0 Å². The third-order valence-corrected chi connectivity index (χ3v) is 1.84. The molecule has 1 N–H and O–H groups in total. The van der Waals surface area contributed by atoms with Gasteiger partial charge in [0.25, 0.3) is 0 Å². The van der Waals surface area contributed by atoms with Crippen molar-refractivity contribution in [3.63, 3.8) is 0 Å². The summed E-state index contributed by atoms with van der Waals surface area (Å²) in [6, 6.07) is 12.1. The van der Waals surface area contributed by atoms with Crippen LogP contribution >= 0.6 is 0 Å². The summed E-state index contributed by atoms with van der Waals surface area (Å²) in [6.45, 7) is 0. The molecule has 3 rings (SSSR count). The highest BCUT2D eigenvalue weighted by molar-refractivity contribution is 5.46. The second-order valence-corrected chi connectivity index (χ2v) is 2.81. The van der Waals surface area contributed by atoms with Crippen molar-refractivity contribution in [3.05, 3.63) is 61.2 Å². The largest absolute Gasteiger partial charge is 0.324 e. The lowest BCUT2D eigenvalue weighted by Gasteiger charge is -1.88. The maximum Gasteiger partial charge on any atom is 0.0487 e. The molecule has 0 spiro atoms. The Bertz CT molecular complexity index is 421. The lowest BCUT2D eigenvalue weighted by molar-refractivity contribution is 1.09. The lowest BCUT2D eigenvalue weighted by Crippen LogP contribution is -1.75. The van der Waals surface area contributed by atoms with E-state index in [4.69, 9.17) is 0 Å². The van der Waals surface area contributed by atoms with Gasteiger partial charge in [-0.15, -0.1) is 0 Å². The smallest absolute Gasteiger partial charge is 0.0487 e. The molecule has 3 nitrogen and oxygen atoms in total. The Kier molecular flexibility index (Phi) is 2.62. The first kappa shape index (κ1) is 8.56. The van der Waals surface area contributed by atoms with Gasteiger partial charge in [0.15, 0.2) is 0 Å². The van der Waals surface area contributed by atoms with Crippen molar-refractivity contribution in [2.45, 2.75) is 0 Å². The van der Waals surface area contributed by atoms with Crippen molar-refractivity contribution in [1.82, 2.24) is 14.6 Å². The molecule has 0 radical (unpaired) electrons. The van der Waals surface area contributed by atoms with Gasteiger partial charge in [0.05, 0.1) is 0 Å². The molecule has 3 aromatic rings. The van der Waals surface area contributed by atoms with Crippen LogP contribution in [0.1, 0.15) is 0 Å². The molecule has 0 aliphatic carbocycles. The molecule has 3 aromatic heterocycles. The van der Waals surface area contributed by atoms with E-state index in [9.17, 15) is 0 Å². The second-order valence-electron chi connectivity index (χ2n) is 2.81. The van der Waals surface area contributed by atoms with Crippen LogP contribution in [0.25, 0.3) is 5.52 Å². The lowest BCUT2D eigenvalue weighted by atomic mass is 10.4. The van der Waals surface area contributed by atoms with E-state index in [1.807, 2.05) is 36.7 Å². The Labute approximate surface area is 82.0 Å². The van der Waals surface area contributed by atoms with Crippen LogP contribution in [0.2, 0.25) is 0 Å². The minimum absolute atomic E-state index is 1.25. The van der Waals surface area contributed by atoms with E-state index in [2.05, 4.69) is 26.7 Å². The van der Waals surface area contributed by atoms with E-state index in [0.29, 0.717) is 0 Å². The maximum atomic E-state index is 3.60. The average molecular weight is 185 g/mol. The van der Waals surface area contributed by atoms with E-state index in [1.54, 1.807) is 12.4 Å². The maximum absolute atomic E-state index is 3.60. The zero-order chi connectivity index (χ0) is 9.64. The average Bonchev–Trinajstić information content (AvgIpc) is 2.92. The molecule has 0 bridgehead atoms. The molecule has 0 fully saturated rings. The summed E-state index contributed by atoms with van der Waals surface area (Å²) < 4.78 is 2.08. The zero-order valence-corrected chi connectivity index (χ0v) is 7.67. The zero-order valence-electron chi connectivity index (χ0n) is 7.67. The van der Waals surface area contributed by atoms with E-state index in [1.165, 1.54) is 5.52 Å². The first-order valence-corrected chi connectivity index (χ1v) is 4.42. The molecule has 0 aliphatic heterocycles. The van der Waals surface area contributed by atoms with Crippen molar-refractivity contribution >= 4 is 5.52 Å². The van der Waals surface area contributed by atoms with Gasteiger partial charge in [-0.1, -0.05) is 6.07 Å². The molecule has 0 saturated heterocycles. The fourth-order valence-corrected chi connectivity index (χ4v) is 1.20. The quantitative estimate of drug-likeness (QED) is 0.573. The third kappa shape index (κ3) is 2.01. The monoisotopic (exact) mass is 185 g/mol. The van der Waals surface area contributed by atoms with Crippen molar-refractivity contribution < 1.29 is 0 Å². The number of hydrogen-bond donors (Lipinski definition) is 1. The first-order chi connectivity index (χ1) is 6.97. The summed E-state index contributed by atoms with van der Waals surface area (Å²) in [5.74, 6) is 0. The first-order valence-electron chi connectivity index (χ1n) is 4.42. The van der Waals surface area contributed by atoms with E-state index < -0.39 is 0 Å². The number of nitrogens with zero attached hydrogens (tertiary/aromatic N) is 2. The normalized spacial score (nSPS) is 9.43. The molecule has 0 atom stereocenters. The third-order valence-electron chi connectivity index (χ3n) is 1.84. The fourth-order valence-electron chi connectivity index (χ4n) is 1.20. The fraction of sp³-hybridized carbons (Fsp3) is 0. The second kappa shape index (κ2) is 4.28. The Hall–Kier alpha value is -2.03. The number of rotatable bonds is 0. The predicted molar refractivity (Wildman–Crippen MR) is 56.0 cm³/mol. The number of H-pyrrole nitrogens is 1. The molecule has 0 aromatic carbocycles. The Balaban J connectivity index is 0.000000128. The van der Waals surface area contributed by atoms with Crippen molar-refractivity contribution in [2.24, 2.45) is 0 Å². The highest BCUT2D eigenvalue weighted by Crippen LogP contribution is 2.01. The van der Waals surface area contributed by atoms with Crippen molar-refractivity contribution in [2.75, 3.05) is 0 Å². The highest BCUT2D eigenvalue weighted by atomic mass is 15.1. The molecule has 70 valence electrons. The molecule has 0 saturated carbocycles. The summed E-state index contributed by atoms with van der Waals surface area (Å²) >= 11 is 0. The molecular weight excluding hydrogens is 174 g/mol. The van der Waals surface area contributed by atoms with Gasteiger partial charge in [0, 0.05) is 30.3 Å². The number of aromatic nitrogens is 3. The van der Waals surface area contributed by atoms with Gasteiger partial charge in [0.1, 0.15) is 0 Å². The van der Waals surface area contributed by atoms with E-state index >= 15 is 0 Å². The highest BCUT2D eigenvalue weighted by Gasteiger charge is 1.83. The SMILES string of the molecule is c1ccn2cccc2c1.c1cn[nH]c1. The Morgan fingerprint density at radius 3 is 2.50 bits per heavy atom. The van der Waals surface area contributed by atoms with Crippen LogP contribution in [0.15, 0.2) is 61.2 Å². The summed E-state index contributed by atoms with van der Waals surface area (Å²) in [5, 5.41) is 6.21. The van der Waals surface area contributed by atoms with Crippen LogP contribution in [-0.4, -0.2) is 14.6 Å².